The summed E-state index contributed by atoms with van der Waals surface area (Å²) in [6, 6.07) is 7.77. The molecule has 7 heteroatoms. The summed E-state index contributed by atoms with van der Waals surface area (Å²) in [6.07, 6.45) is 3.32. The minimum Gasteiger partial charge on any atom is -0.478 e. The van der Waals surface area contributed by atoms with Gasteiger partial charge < -0.3 is 9.84 Å². The van der Waals surface area contributed by atoms with E-state index < -0.39 is 5.97 Å². The average Bonchev–Trinajstić information content (AvgIpc) is 2.88. The fourth-order valence-corrected chi connectivity index (χ4v) is 1.90. The maximum absolute atomic E-state index is 11.0. The van der Waals surface area contributed by atoms with Gasteiger partial charge in [-0.3, -0.25) is 0 Å². The van der Waals surface area contributed by atoms with E-state index in [9.17, 15) is 4.79 Å². The van der Waals surface area contributed by atoms with Crippen molar-refractivity contribution in [2.24, 2.45) is 0 Å². The Bertz CT molecular complexity index is 800. The SMILES string of the molecule is O=C(O)c1cc(Oc2ccn3nccc3n2)ccc1Cl. The summed E-state index contributed by atoms with van der Waals surface area (Å²) in [4.78, 5) is 15.2. The minimum atomic E-state index is -1.11. The molecule has 0 aliphatic carbocycles. The average molecular weight is 290 g/mol. The number of ether oxygens (including phenoxy) is 1. The van der Waals surface area contributed by atoms with E-state index in [4.69, 9.17) is 21.4 Å². The summed E-state index contributed by atoms with van der Waals surface area (Å²) in [5.74, 6) is -0.417. The smallest absolute Gasteiger partial charge is 0.337 e. The molecule has 2 heterocycles. The molecule has 0 aliphatic rings. The lowest BCUT2D eigenvalue weighted by molar-refractivity contribution is 0.0696. The van der Waals surface area contributed by atoms with Crippen molar-refractivity contribution in [1.29, 1.82) is 0 Å². The Balaban J connectivity index is 1.94. The van der Waals surface area contributed by atoms with Crippen molar-refractivity contribution in [3.05, 3.63) is 53.3 Å². The number of nitrogens with zero attached hydrogens (tertiary/aromatic N) is 3. The quantitative estimate of drug-likeness (QED) is 0.802. The lowest BCUT2D eigenvalue weighted by Gasteiger charge is -2.06. The predicted molar refractivity (Wildman–Crippen MR) is 71.5 cm³/mol. The van der Waals surface area contributed by atoms with Gasteiger partial charge in [0.2, 0.25) is 5.88 Å². The minimum absolute atomic E-state index is 0.0189. The van der Waals surface area contributed by atoms with Crippen LogP contribution >= 0.6 is 11.6 Å². The van der Waals surface area contributed by atoms with Crippen LogP contribution < -0.4 is 4.74 Å². The zero-order valence-electron chi connectivity index (χ0n) is 10.0. The molecule has 3 aromatic rings. The van der Waals surface area contributed by atoms with Gasteiger partial charge >= 0.3 is 5.97 Å². The third-order valence-corrected chi connectivity index (χ3v) is 2.95. The Morgan fingerprint density at radius 1 is 1.30 bits per heavy atom. The molecule has 0 saturated carbocycles. The fraction of sp³-hybridized carbons (Fsp3) is 0. The van der Waals surface area contributed by atoms with Crippen molar-refractivity contribution in [2.75, 3.05) is 0 Å². The van der Waals surface area contributed by atoms with Gasteiger partial charge in [-0.05, 0) is 18.2 Å². The van der Waals surface area contributed by atoms with Crippen LogP contribution in [0, 0.1) is 0 Å². The van der Waals surface area contributed by atoms with Gasteiger partial charge in [0.1, 0.15) is 5.75 Å². The first kappa shape index (κ1) is 12.4. The number of halogens is 1. The second-order valence-electron chi connectivity index (χ2n) is 3.95. The number of hydrogen-bond donors (Lipinski definition) is 1. The van der Waals surface area contributed by atoms with E-state index in [1.165, 1.54) is 12.1 Å². The monoisotopic (exact) mass is 289 g/mol. The number of hydrogen-bond acceptors (Lipinski definition) is 4. The van der Waals surface area contributed by atoms with Crippen LogP contribution in [0.3, 0.4) is 0 Å². The first-order chi connectivity index (χ1) is 9.63. The highest BCUT2D eigenvalue weighted by Gasteiger charge is 2.11. The van der Waals surface area contributed by atoms with E-state index in [0.29, 0.717) is 17.3 Å². The van der Waals surface area contributed by atoms with E-state index in [-0.39, 0.29) is 10.6 Å². The highest BCUT2D eigenvalue weighted by Crippen LogP contribution is 2.25. The Hall–Kier alpha value is -2.60. The van der Waals surface area contributed by atoms with E-state index in [0.717, 1.165) is 0 Å². The van der Waals surface area contributed by atoms with Crippen LogP contribution in [-0.4, -0.2) is 25.7 Å². The summed E-state index contributed by atoms with van der Waals surface area (Å²) >= 11 is 5.79. The van der Waals surface area contributed by atoms with Crippen LogP contribution in [0.15, 0.2) is 42.7 Å². The number of aromatic nitrogens is 3. The van der Waals surface area contributed by atoms with Gasteiger partial charge in [0.05, 0.1) is 16.8 Å². The molecule has 100 valence electrons. The van der Waals surface area contributed by atoms with Crippen LogP contribution in [0.2, 0.25) is 5.02 Å². The molecule has 3 rings (SSSR count). The van der Waals surface area contributed by atoms with E-state index in [2.05, 4.69) is 10.1 Å². The normalized spacial score (nSPS) is 10.7. The molecule has 1 N–H and O–H groups in total. The third kappa shape index (κ3) is 2.28. The van der Waals surface area contributed by atoms with Gasteiger partial charge in [-0.15, -0.1) is 0 Å². The Labute approximate surface area is 118 Å². The Morgan fingerprint density at radius 2 is 2.15 bits per heavy atom. The van der Waals surface area contributed by atoms with Gasteiger partial charge in [-0.2, -0.15) is 10.1 Å². The number of carboxylic acids is 1. The summed E-state index contributed by atoms with van der Waals surface area (Å²) in [5, 5.41) is 13.2. The molecular formula is C13H8ClN3O3. The molecule has 2 aromatic heterocycles. The van der Waals surface area contributed by atoms with Crippen LogP contribution in [-0.2, 0) is 0 Å². The van der Waals surface area contributed by atoms with Crippen LogP contribution in [0.5, 0.6) is 11.6 Å². The van der Waals surface area contributed by atoms with E-state index >= 15 is 0 Å². The topological polar surface area (TPSA) is 76.7 Å². The first-order valence-electron chi connectivity index (χ1n) is 5.64. The first-order valence-corrected chi connectivity index (χ1v) is 6.02. The number of aromatic carboxylic acids is 1. The van der Waals surface area contributed by atoms with Crippen molar-refractivity contribution in [1.82, 2.24) is 14.6 Å². The lowest BCUT2D eigenvalue weighted by Crippen LogP contribution is -1.98. The number of carbonyl (C=O) groups is 1. The maximum Gasteiger partial charge on any atom is 0.337 e. The Morgan fingerprint density at radius 3 is 2.95 bits per heavy atom. The number of rotatable bonds is 3. The standard InChI is InChI=1S/C13H8ClN3O3/c14-10-2-1-8(7-9(10)13(18)19)20-12-4-6-17-11(16-12)3-5-15-17/h1-7H,(H,18,19). The van der Waals surface area contributed by atoms with E-state index in [1.54, 1.807) is 35.1 Å². The molecule has 0 fully saturated rings. The number of fused-ring (bicyclic) bond motifs is 1. The highest BCUT2D eigenvalue weighted by atomic mass is 35.5. The van der Waals surface area contributed by atoms with Gasteiger partial charge in [0.25, 0.3) is 0 Å². The predicted octanol–water partition coefficient (Wildman–Crippen LogP) is 2.87. The molecule has 6 nitrogen and oxygen atoms in total. The molecule has 1 aromatic carbocycles. The van der Waals surface area contributed by atoms with Crippen molar-refractivity contribution in [2.45, 2.75) is 0 Å². The zero-order chi connectivity index (χ0) is 14.1. The fourth-order valence-electron chi connectivity index (χ4n) is 1.70. The zero-order valence-corrected chi connectivity index (χ0v) is 10.8. The summed E-state index contributed by atoms with van der Waals surface area (Å²) in [5.41, 5.74) is 0.615. The molecule has 0 unspecified atom stereocenters. The largest absolute Gasteiger partial charge is 0.478 e. The molecule has 0 saturated heterocycles. The number of carboxylic acid groups (broad SMARTS) is 1. The molecule has 0 spiro atoms. The second kappa shape index (κ2) is 4.82. The molecular weight excluding hydrogens is 282 g/mol. The maximum atomic E-state index is 11.0. The van der Waals surface area contributed by atoms with Crippen LogP contribution in [0.25, 0.3) is 5.65 Å². The summed E-state index contributed by atoms with van der Waals surface area (Å²) < 4.78 is 7.12. The van der Waals surface area contributed by atoms with Gasteiger partial charge in [-0.25, -0.2) is 9.31 Å². The summed E-state index contributed by atoms with van der Waals surface area (Å²) in [6.45, 7) is 0. The van der Waals surface area contributed by atoms with Crippen LogP contribution in [0.1, 0.15) is 10.4 Å². The van der Waals surface area contributed by atoms with Crippen molar-refractivity contribution in [3.8, 4) is 11.6 Å². The molecule has 0 aliphatic heterocycles. The van der Waals surface area contributed by atoms with Crippen molar-refractivity contribution in [3.63, 3.8) is 0 Å². The summed E-state index contributed by atoms with van der Waals surface area (Å²) in [7, 11) is 0. The van der Waals surface area contributed by atoms with Crippen LogP contribution in [0.4, 0.5) is 0 Å². The molecule has 0 amide bonds. The Kier molecular flexibility index (Phi) is 3.00. The lowest BCUT2D eigenvalue weighted by atomic mass is 10.2. The molecule has 0 bridgehead atoms. The highest BCUT2D eigenvalue weighted by molar-refractivity contribution is 6.33. The third-order valence-electron chi connectivity index (χ3n) is 2.62. The van der Waals surface area contributed by atoms with E-state index in [1.807, 2.05) is 0 Å². The molecule has 0 radical (unpaired) electrons. The number of benzene rings is 1. The molecule has 0 atom stereocenters. The second-order valence-corrected chi connectivity index (χ2v) is 4.36. The van der Waals surface area contributed by atoms with Gasteiger partial charge in [0.15, 0.2) is 5.65 Å². The van der Waals surface area contributed by atoms with Gasteiger partial charge in [0, 0.05) is 18.3 Å². The van der Waals surface area contributed by atoms with Crippen molar-refractivity contribution < 1.29 is 14.6 Å². The van der Waals surface area contributed by atoms with Crippen molar-refractivity contribution >= 4 is 23.2 Å². The van der Waals surface area contributed by atoms with Gasteiger partial charge in [-0.1, -0.05) is 11.6 Å². The molecule has 20 heavy (non-hydrogen) atoms.